The second-order valence-corrected chi connectivity index (χ2v) is 2.59. The molecule has 0 saturated heterocycles. The summed E-state index contributed by atoms with van der Waals surface area (Å²) in [6, 6.07) is 3.31. The van der Waals surface area contributed by atoms with Crippen molar-refractivity contribution in [1.29, 1.82) is 0 Å². The van der Waals surface area contributed by atoms with Gasteiger partial charge in [0.25, 0.3) is 0 Å². The normalized spacial score (nSPS) is 9.69. The Hall–Kier alpha value is -1.48. The lowest BCUT2D eigenvalue weighted by Gasteiger charge is -2.08. The van der Waals surface area contributed by atoms with E-state index >= 15 is 0 Å². The lowest BCUT2D eigenvalue weighted by atomic mass is 10.1. The van der Waals surface area contributed by atoms with Crippen molar-refractivity contribution in [3.05, 3.63) is 29.8 Å². The Morgan fingerprint density at radius 1 is 1.54 bits per heavy atom. The molecule has 0 unspecified atom stereocenters. The molecule has 0 aliphatic rings. The molecular weight excluding hydrogens is 168 g/mol. The first-order chi connectivity index (χ1) is 6.22. The molecule has 0 bridgehead atoms. The molecule has 0 saturated carbocycles. The van der Waals surface area contributed by atoms with Crippen LogP contribution in [0.2, 0.25) is 0 Å². The maximum atomic E-state index is 9.49. The van der Waals surface area contributed by atoms with Gasteiger partial charge in [-0.15, -0.1) is 0 Å². The molecule has 1 rings (SSSR count). The predicted molar refractivity (Wildman–Crippen MR) is 50.7 cm³/mol. The molecule has 0 aliphatic carbocycles. The highest BCUT2D eigenvalue weighted by molar-refractivity contribution is 5.57. The Morgan fingerprint density at radius 2 is 2.23 bits per heavy atom. The van der Waals surface area contributed by atoms with E-state index < -0.39 is 0 Å². The molecule has 0 radical (unpaired) electrons. The van der Waals surface area contributed by atoms with Gasteiger partial charge in [-0.1, -0.05) is 12.7 Å². The SMILES string of the molecule is C=Cc1cc(CO)c(O)c(OC)c1. The van der Waals surface area contributed by atoms with Gasteiger partial charge >= 0.3 is 0 Å². The largest absolute Gasteiger partial charge is 0.504 e. The topological polar surface area (TPSA) is 49.7 Å². The molecule has 0 fully saturated rings. The minimum Gasteiger partial charge on any atom is -0.504 e. The van der Waals surface area contributed by atoms with Gasteiger partial charge in [-0.2, -0.15) is 0 Å². The lowest BCUT2D eigenvalue weighted by Crippen LogP contribution is -1.91. The van der Waals surface area contributed by atoms with Crippen LogP contribution in [0.3, 0.4) is 0 Å². The Balaban J connectivity index is 3.28. The summed E-state index contributed by atoms with van der Waals surface area (Å²) < 4.78 is 4.92. The highest BCUT2D eigenvalue weighted by Gasteiger charge is 2.07. The second-order valence-electron chi connectivity index (χ2n) is 2.59. The van der Waals surface area contributed by atoms with Crippen molar-refractivity contribution >= 4 is 6.08 Å². The van der Waals surface area contributed by atoms with Gasteiger partial charge in [-0.25, -0.2) is 0 Å². The number of aliphatic hydroxyl groups excluding tert-OH is 1. The molecule has 3 heteroatoms. The summed E-state index contributed by atoms with van der Waals surface area (Å²) in [6.07, 6.45) is 1.63. The van der Waals surface area contributed by atoms with Gasteiger partial charge < -0.3 is 14.9 Å². The molecule has 3 nitrogen and oxygen atoms in total. The zero-order valence-corrected chi connectivity index (χ0v) is 7.45. The summed E-state index contributed by atoms with van der Waals surface area (Å²) in [7, 11) is 1.46. The number of benzene rings is 1. The van der Waals surface area contributed by atoms with Crippen molar-refractivity contribution in [2.45, 2.75) is 6.61 Å². The van der Waals surface area contributed by atoms with Crippen LogP contribution in [-0.4, -0.2) is 17.3 Å². The third-order valence-corrected chi connectivity index (χ3v) is 1.80. The smallest absolute Gasteiger partial charge is 0.163 e. The van der Waals surface area contributed by atoms with Crippen LogP contribution in [0.5, 0.6) is 11.5 Å². The number of phenols is 1. The Kier molecular flexibility index (Phi) is 2.93. The number of hydrogen-bond acceptors (Lipinski definition) is 3. The molecule has 0 aromatic heterocycles. The fraction of sp³-hybridized carbons (Fsp3) is 0.200. The monoisotopic (exact) mass is 180 g/mol. The van der Waals surface area contributed by atoms with E-state index in [1.807, 2.05) is 0 Å². The molecule has 0 spiro atoms. The number of aromatic hydroxyl groups is 1. The molecule has 0 amide bonds. The molecule has 70 valence electrons. The number of ether oxygens (including phenoxy) is 1. The van der Waals surface area contributed by atoms with Crippen molar-refractivity contribution in [2.24, 2.45) is 0 Å². The molecule has 2 N–H and O–H groups in total. The zero-order chi connectivity index (χ0) is 9.84. The highest BCUT2D eigenvalue weighted by atomic mass is 16.5. The highest BCUT2D eigenvalue weighted by Crippen LogP contribution is 2.31. The molecule has 0 atom stereocenters. The van der Waals surface area contributed by atoms with Crippen LogP contribution in [-0.2, 0) is 6.61 Å². The molecule has 13 heavy (non-hydrogen) atoms. The Bertz CT molecular complexity index is 293. The molecule has 1 aromatic rings. The van der Waals surface area contributed by atoms with Crippen molar-refractivity contribution in [1.82, 2.24) is 0 Å². The van der Waals surface area contributed by atoms with Crippen molar-refractivity contribution in [3.8, 4) is 11.5 Å². The summed E-state index contributed by atoms with van der Waals surface area (Å²) in [5.41, 5.74) is 1.24. The fourth-order valence-electron chi connectivity index (χ4n) is 1.08. The van der Waals surface area contributed by atoms with E-state index in [4.69, 9.17) is 9.84 Å². The van der Waals surface area contributed by atoms with Crippen LogP contribution in [0, 0.1) is 0 Å². The molecule has 0 heterocycles. The minimum atomic E-state index is -0.218. The van der Waals surface area contributed by atoms with Crippen LogP contribution in [0.25, 0.3) is 6.08 Å². The number of rotatable bonds is 3. The average molecular weight is 180 g/mol. The summed E-state index contributed by atoms with van der Waals surface area (Å²) in [4.78, 5) is 0. The van der Waals surface area contributed by atoms with E-state index in [0.29, 0.717) is 11.3 Å². The van der Waals surface area contributed by atoms with E-state index in [1.54, 1.807) is 18.2 Å². The van der Waals surface area contributed by atoms with Crippen molar-refractivity contribution in [2.75, 3.05) is 7.11 Å². The van der Waals surface area contributed by atoms with Crippen LogP contribution in [0.4, 0.5) is 0 Å². The van der Waals surface area contributed by atoms with Crippen LogP contribution < -0.4 is 4.74 Å². The molecule has 1 aromatic carbocycles. The van der Waals surface area contributed by atoms with Gasteiger partial charge in [0.1, 0.15) is 0 Å². The quantitative estimate of drug-likeness (QED) is 0.741. The van der Waals surface area contributed by atoms with Gasteiger partial charge in [-0.3, -0.25) is 0 Å². The summed E-state index contributed by atoms with van der Waals surface area (Å²) >= 11 is 0. The van der Waals surface area contributed by atoms with Gasteiger partial charge in [-0.05, 0) is 17.7 Å². The van der Waals surface area contributed by atoms with Crippen LogP contribution in [0.1, 0.15) is 11.1 Å². The first-order valence-corrected chi connectivity index (χ1v) is 3.86. The number of methoxy groups -OCH3 is 1. The third-order valence-electron chi connectivity index (χ3n) is 1.80. The lowest BCUT2D eigenvalue weighted by molar-refractivity contribution is 0.272. The van der Waals surface area contributed by atoms with Crippen molar-refractivity contribution < 1.29 is 14.9 Å². The Morgan fingerprint density at radius 3 is 2.69 bits per heavy atom. The van der Waals surface area contributed by atoms with E-state index in [1.165, 1.54) is 7.11 Å². The third kappa shape index (κ3) is 1.81. The van der Waals surface area contributed by atoms with E-state index in [9.17, 15) is 5.11 Å². The summed E-state index contributed by atoms with van der Waals surface area (Å²) in [6.45, 7) is 3.37. The maximum Gasteiger partial charge on any atom is 0.163 e. The first kappa shape index (κ1) is 9.61. The molecular formula is C10H12O3. The van der Waals surface area contributed by atoms with Gasteiger partial charge in [0.05, 0.1) is 13.7 Å². The average Bonchev–Trinajstić information content (AvgIpc) is 2.18. The second kappa shape index (κ2) is 3.96. The summed E-state index contributed by atoms with van der Waals surface area (Å²) in [5, 5.41) is 18.4. The van der Waals surface area contributed by atoms with E-state index in [0.717, 1.165) is 5.56 Å². The maximum absolute atomic E-state index is 9.49. The predicted octanol–water partition coefficient (Wildman–Crippen LogP) is 1.54. The minimum absolute atomic E-state index is 0.0180. The fourth-order valence-corrected chi connectivity index (χ4v) is 1.08. The number of hydrogen-bond donors (Lipinski definition) is 2. The van der Waals surface area contributed by atoms with Gasteiger partial charge in [0.2, 0.25) is 0 Å². The van der Waals surface area contributed by atoms with E-state index in [2.05, 4.69) is 6.58 Å². The number of aliphatic hydroxyl groups is 1. The van der Waals surface area contributed by atoms with Crippen LogP contribution in [0.15, 0.2) is 18.7 Å². The zero-order valence-electron chi connectivity index (χ0n) is 7.45. The standard InChI is InChI=1S/C10H12O3/c1-3-7-4-8(6-11)10(12)9(5-7)13-2/h3-5,11-12H,1,6H2,2H3. The van der Waals surface area contributed by atoms with Crippen molar-refractivity contribution in [3.63, 3.8) is 0 Å². The molecule has 0 aliphatic heterocycles. The van der Waals surface area contributed by atoms with Gasteiger partial charge in [0, 0.05) is 5.56 Å². The van der Waals surface area contributed by atoms with Crippen LogP contribution >= 0.6 is 0 Å². The van der Waals surface area contributed by atoms with E-state index in [-0.39, 0.29) is 12.4 Å². The summed E-state index contributed by atoms with van der Waals surface area (Å²) in [5.74, 6) is 0.331. The Labute approximate surface area is 76.9 Å². The van der Waals surface area contributed by atoms with Gasteiger partial charge in [0.15, 0.2) is 11.5 Å². The first-order valence-electron chi connectivity index (χ1n) is 3.86.